The topological polar surface area (TPSA) is 320 Å². The second kappa shape index (κ2) is 38.6. The van der Waals surface area contributed by atoms with Crippen LogP contribution in [0.2, 0.25) is 0 Å². The van der Waals surface area contributed by atoms with Crippen LogP contribution in [0.3, 0.4) is 0 Å². The Morgan fingerprint density at radius 1 is 0.400 bits per heavy atom. The fraction of sp³-hybridized carbons (Fsp3) is 0.529. The molecular weight excluding hydrogens is 1700 g/mol. The average molecular weight is 1830 g/mol. The molecule has 0 bridgehead atoms. The maximum atomic E-state index is 15.1. The number of piperidine rings is 3. The van der Waals surface area contributed by atoms with E-state index < -0.39 is 5.91 Å². The van der Waals surface area contributed by atoms with Gasteiger partial charge in [0.1, 0.15) is 17.1 Å². The summed E-state index contributed by atoms with van der Waals surface area (Å²) in [5, 5.41) is 17.6. The number of aromatic nitrogens is 9. The number of pyridine rings is 3. The molecule has 3 aromatic carbocycles. The number of anilines is 12. The number of amides is 3. The Labute approximate surface area is 791 Å². The second-order valence-electron chi connectivity index (χ2n) is 39.7. The van der Waals surface area contributed by atoms with Gasteiger partial charge in [-0.15, -0.1) is 0 Å². The summed E-state index contributed by atoms with van der Waals surface area (Å²) in [4.78, 5) is 119. The van der Waals surface area contributed by atoms with Gasteiger partial charge in [0.2, 0.25) is 0 Å². The highest BCUT2D eigenvalue weighted by molar-refractivity contribution is 6.01. The summed E-state index contributed by atoms with van der Waals surface area (Å²) in [6.07, 6.45) is 21.2. The smallest absolute Gasteiger partial charge is 0.274 e. The van der Waals surface area contributed by atoms with Crippen molar-refractivity contribution in [3.05, 3.63) is 163 Å². The Kier molecular flexibility index (Phi) is 25.4. The molecule has 13 fully saturated rings. The van der Waals surface area contributed by atoms with Crippen LogP contribution in [0.25, 0.3) is 34.2 Å². The minimum atomic E-state index is -0.668. The van der Waals surface area contributed by atoms with E-state index in [2.05, 4.69) is 159 Å². The number of piperazine rings is 3. The van der Waals surface area contributed by atoms with E-state index in [9.17, 15) is 4.79 Å². The number of nitrogens with two attached hydrogens (primary N) is 1. The molecule has 22 rings (SSSR count). The highest BCUT2D eigenvalue weighted by atomic mass is 16.5. The molecular formula is C102H129N27O6. The Bertz CT molecular complexity index is 5670. The van der Waals surface area contributed by atoms with E-state index in [-0.39, 0.29) is 57.6 Å². The highest BCUT2D eigenvalue weighted by Gasteiger charge is 2.52. The summed E-state index contributed by atoms with van der Waals surface area (Å²) < 4.78 is 17.6. The van der Waals surface area contributed by atoms with Crippen molar-refractivity contribution in [2.45, 2.75) is 156 Å². The van der Waals surface area contributed by atoms with E-state index in [1.54, 1.807) is 18.6 Å². The third kappa shape index (κ3) is 18.5. The number of benzene rings is 3. The van der Waals surface area contributed by atoms with Crippen LogP contribution in [0.15, 0.2) is 140 Å². The predicted octanol–water partition coefficient (Wildman–Crippen LogP) is 10.5. The van der Waals surface area contributed by atoms with E-state index in [0.717, 1.165) is 267 Å². The van der Waals surface area contributed by atoms with Crippen LogP contribution in [0.4, 0.5) is 69.0 Å². The number of ether oxygens (including phenoxy) is 3. The Hall–Kier alpha value is -11.4. The van der Waals surface area contributed by atoms with E-state index in [0.29, 0.717) is 122 Å². The summed E-state index contributed by atoms with van der Waals surface area (Å²) in [5.41, 5.74) is 17.3. The van der Waals surface area contributed by atoms with Crippen molar-refractivity contribution < 1.29 is 28.6 Å². The van der Waals surface area contributed by atoms with Gasteiger partial charge >= 0.3 is 0 Å². The predicted molar refractivity (Wildman–Crippen MR) is 526 cm³/mol. The largest absolute Gasteiger partial charge is 0.381 e. The molecule has 708 valence electrons. The van der Waals surface area contributed by atoms with Crippen molar-refractivity contribution in [1.82, 2.24) is 84.9 Å². The lowest BCUT2D eigenvalue weighted by Crippen LogP contribution is -2.63. The number of rotatable bonds is 25. The van der Waals surface area contributed by atoms with E-state index in [1.807, 2.05) is 66.7 Å². The molecule has 2 atom stereocenters. The molecule has 12 saturated heterocycles. The monoisotopic (exact) mass is 1830 g/mol. The molecule has 18 heterocycles. The normalized spacial score (nSPS) is 22.8. The zero-order chi connectivity index (χ0) is 91.1. The van der Waals surface area contributed by atoms with Gasteiger partial charge in [-0.1, -0.05) is 18.2 Å². The van der Waals surface area contributed by atoms with Gasteiger partial charge in [0.05, 0.1) is 23.8 Å². The summed E-state index contributed by atoms with van der Waals surface area (Å²) in [7, 11) is 2.23. The zero-order valence-electron chi connectivity index (χ0n) is 78.2. The van der Waals surface area contributed by atoms with Gasteiger partial charge in [-0.25, -0.2) is 29.9 Å². The molecule has 13 aliphatic rings. The SMILES string of the molecule is Cc1cc(Nc2nc(N3CCC34CCOCC4)c(-c3ccccn3)nc2C(=O)NC2CC2N2CCN(C3CCN(c4ccc(Nc5nc(N6CCC67CCOCC7)c(-c6ccccn6)nc5C(=O)NCN5CCN(C6CCN(c7ccc(Nc8nc(N9CCC9%10CCOCC%10)c(-c9ccccn9)nc8C(N)=O)cc7)CC6)CC5)cc4)CC3)CC2)ccc1N1CCC(N2CCN(C)CC2)CC1. The van der Waals surface area contributed by atoms with E-state index >= 15 is 9.59 Å². The summed E-state index contributed by atoms with van der Waals surface area (Å²) in [5.74, 6) is 2.15. The fourth-order valence-corrected chi connectivity index (χ4v) is 23.7. The van der Waals surface area contributed by atoms with Crippen molar-refractivity contribution >= 4 is 86.8 Å². The van der Waals surface area contributed by atoms with Gasteiger partial charge in [-0.2, -0.15) is 0 Å². The summed E-state index contributed by atoms with van der Waals surface area (Å²) in [6, 6.07) is 42.7. The Balaban J connectivity index is 0.422. The van der Waals surface area contributed by atoms with Crippen LogP contribution < -0.4 is 61.7 Å². The summed E-state index contributed by atoms with van der Waals surface area (Å²) >= 11 is 0. The highest BCUT2D eigenvalue weighted by Crippen LogP contribution is 2.50. The number of nitrogens with one attached hydrogen (secondary N) is 5. The van der Waals surface area contributed by atoms with Crippen LogP contribution in [-0.2, 0) is 14.2 Å². The van der Waals surface area contributed by atoms with Gasteiger partial charge in [0.15, 0.2) is 52.0 Å². The lowest BCUT2D eigenvalue weighted by Gasteiger charge is -2.55. The van der Waals surface area contributed by atoms with Crippen molar-refractivity contribution in [2.75, 3.05) is 236 Å². The van der Waals surface area contributed by atoms with Gasteiger partial charge in [0.25, 0.3) is 17.7 Å². The number of hydrogen-bond acceptors (Lipinski definition) is 30. The van der Waals surface area contributed by atoms with Crippen LogP contribution >= 0.6 is 0 Å². The molecule has 6 aromatic heterocycles. The van der Waals surface area contributed by atoms with Crippen LogP contribution in [0.1, 0.15) is 140 Å². The lowest BCUT2D eigenvalue weighted by molar-refractivity contribution is 0.0283. The average Bonchev–Trinajstić information content (AvgIpc) is 1.54. The molecule has 33 heteroatoms. The molecule has 12 aliphatic heterocycles. The number of nitrogens with zero attached hydrogens (tertiary/aromatic N) is 21. The fourth-order valence-electron chi connectivity index (χ4n) is 23.7. The molecule has 1 aliphatic carbocycles. The first kappa shape index (κ1) is 88.9. The number of primary amides is 1. The lowest BCUT2D eigenvalue weighted by atomic mass is 9.78. The number of aryl methyl sites for hydroxylation is 1. The summed E-state index contributed by atoms with van der Waals surface area (Å²) in [6.45, 7) is 26.9. The second-order valence-corrected chi connectivity index (χ2v) is 39.7. The van der Waals surface area contributed by atoms with Crippen molar-refractivity contribution in [3.63, 3.8) is 0 Å². The standard InChI is InChI=1S/C102H129N27O6/c1-70-67-73(16-21-83(70)125-44-26-78(27-45-125)122-53-49-118(2)50-54-122)110-94-90(114-87(81-11-5-8-39-106-81)97(117-94)129-48-30-102(129)35-65-135-66-36-102)99(132)111-82-68-84(82)126-59-57-124(58-60-126)77-24-42-121(43-25-77)75-19-14-72(15-20-75)109-93-89(113-86(80-10-4-7-38-105-80)96(116-93)128-47-29-101(128)33-63-134-64-34-101)98(131)107-69-119-51-55-123(56-52-119)76-22-40-120(41-23-76)74-17-12-71(13-18-74)108-92-88(91(103)130)112-85(79-9-3-6-37-104-79)95(115-92)127-46-28-100(127)31-61-133-62-32-100/h3-21,37-39,67,76-78,82,84H,22-36,40-66,68-69H2,1-2H3,(H2,103,130)(H,107,131)(H,108,115)(H,109,116)(H,110,117)(H,111,132). The zero-order valence-corrected chi connectivity index (χ0v) is 78.2. The van der Waals surface area contributed by atoms with Gasteiger partial charge in [0, 0.05) is 277 Å². The molecule has 3 amide bonds. The molecule has 7 N–H and O–H groups in total. The van der Waals surface area contributed by atoms with Crippen LogP contribution in [0.5, 0.6) is 0 Å². The van der Waals surface area contributed by atoms with Crippen molar-refractivity contribution in [3.8, 4) is 34.2 Å². The number of carbonyl (C=O) groups excluding carboxylic acids is 3. The van der Waals surface area contributed by atoms with Crippen LogP contribution in [-0.4, -0.2) is 330 Å². The minimum Gasteiger partial charge on any atom is -0.381 e. The number of carbonyl (C=O) groups is 3. The third-order valence-corrected chi connectivity index (χ3v) is 32.2. The molecule has 2 unspecified atom stereocenters. The molecule has 1 saturated carbocycles. The maximum absolute atomic E-state index is 15.1. The van der Waals surface area contributed by atoms with E-state index in [4.69, 9.17) is 59.8 Å². The minimum absolute atomic E-state index is 0.00575. The van der Waals surface area contributed by atoms with Crippen molar-refractivity contribution in [1.29, 1.82) is 0 Å². The number of likely N-dealkylation sites (N-methyl/N-ethyl adjacent to an activating group) is 1. The number of hydrogen-bond donors (Lipinski definition) is 6. The quantitative estimate of drug-likeness (QED) is 0.0310. The first-order valence-electron chi connectivity index (χ1n) is 49.9. The van der Waals surface area contributed by atoms with Crippen molar-refractivity contribution in [2.24, 2.45) is 5.73 Å². The van der Waals surface area contributed by atoms with E-state index in [1.165, 1.54) is 24.1 Å². The van der Waals surface area contributed by atoms with Gasteiger partial charge < -0.3 is 80.8 Å². The molecule has 0 radical (unpaired) electrons. The first-order valence-corrected chi connectivity index (χ1v) is 49.9. The van der Waals surface area contributed by atoms with Gasteiger partial charge in [-0.05, 0) is 225 Å². The molecule has 3 spiro atoms. The molecule has 135 heavy (non-hydrogen) atoms. The first-order chi connectivity index (χ1) is 66.2. The molecule has 9 aromatic rings. The van der Waals surface area contributed by atoms with Gasteiger partial charge in [-0.3, -0.25) is 53.8 Å². The maximum Gasteiger partial charge on any atom is 0.274 e. The Morgan fingerprint density at radius 3 is 1.18 bits per heavy atom. The van der Waals surface area contributed by atoms with Crippen LogP contribution in [0, 0.1) is 6.92 Å². The third-order valence-electron chi connectivity index (χ3n) is 32.2. The Morgan fingerprint density at radius 2 is 0.778 bits per heavy atom. The molecule has 33 nitrogen and oxygen atoms in total.